The first-order valence-corrected chi connectivity index (χ1v) is 8.56. The Hall–Kier alpha value is -1.83. The van der Waals surface area contributed by atoms with Gasteiger partial charge in [0.05, 0.1) is 0 Å². The summed E-state index contributed by atoms with van der Waals surface area (Å²) in [4.78, 5) is 28.3. The molecule has 1 heterocycles. The van der Waals surface area contributed by atoms with E-state index in [9.17, 15) is 9.59 Å². The van der Waals surface area contributed by atoms with Crippen molar-refractivity contribution in [3.63, 3.8) is 0 Å². The van der Waals surface area contributed by atoms with E-state index in [0.717, 1.165) is 25.7 Å². The zero-order valence-electron chi connectivity index (χ0n) is 14.1. The summed E-state index contributed by atoms with van der Waals surface area (Å²) in [6.07, 6.45) is 3.44. The van der Waals surface area contributed by atoms with Crippen LogP contribution < -0.4 is 27.2 Å². The van der Waals surface area contributed by atoms with Crippen LogP contribution in [0.3, 0.4) is 0 Å². The number of H-pyrrole nitrogens is 1. The van der Waals surface area contributed by atoms with Crippen molar-refractivity contribution >= 4 is 28.8 Å². The van der Waals surface area contributed by atoms with Gasteiger partial charge in [-0.05, 0) is 31.5 Å². The lowest BCUT2D eigenvalue weighted by Crippen LogP contribution is -2.45. The standard InChI is InChI=1S/C15H27N5O2S/c1-4-7-10-20-12(16)11(13(21)18-14(20)22)19(9-6-3)15(23)17-8-5-2/h4-10,16H2,1-3H3,(H,17,23)(H,18,21,22). The minimum Gasteiger partial charge on any atom is -0.383 e. The third-order valence-electron chi connectivity index (χ3n) is 3.44. The topological polar surface area (TPSA) is 96.2 Å². The number of nitrogens with zero attached hydrogens (tertiary/aromatic N) is 2. The number of hydrogen-bond acceptors (Lipinski definition) is 4. The second-order valence-corrected chi connectivity index (χ2v) is 5.77. The quantitative estimate of drug-likeness (QED) is 0.619. The van der Waals surface area contributed by atoms with Crippen LogP contribution in [0.25, 0.3) is 0 Å². The van der Waals surface area contributed by atoms with Crippen molar-refractivity contribution in [2.24, 2.45) is 0 Å². The maximum absolute atomic E-state index is 12.3. The van der Waals surface area contributed by atoms with Crippen LogP contribution in [0.4, 0.5) is 11.5 Å². The minimum atomic E-state index is -0.505. The minimum absolute atomic E-state index is 0.168. The van der Waals surface area contributed by atoms with Crippen LogP contribution in [-0.2, 0) is 6.54 Å². The number of nitrogen functional groups attached to an aromatic ring is 1. The number of rotatable bonds is 8. The number of nitrogens with one attached hydrogen (secondary N) is 2. The number of aromatic nitrogens is 2. The molecule has 0 bridgehead atoms. The van der Waals surface area contributed by atoms with Gasteiger partial charge in [-0.25, -0.2) is 4.79 Å². The van der Waals surface area contributed by atoms with E-state index in [1.807, 2.05) is 20.8 Å². The van der Waals surface area contributed by atoms with E-state index in [2.05, 4.69) is 10.3 Å². The normalized spacial score (nSPS) is 10.6. The summed E-state index contributed by atoms with van der Waals surface area (Å²) >= 11 is 5.39. The lowest BCUT2D eigenvalue weighted by Gasteiger charge is -2.26. The van der Waals surface area contributed by atoms with Gasteiger partial charge in [0.15, 0.2) is 10.8 Å². The van der Waals surface area contributed by atoms with Crippen molar-refractivity contribution in [3.8, 4) is 0 Å². The van der Waals surface area contributed by atoms with Crippen LogP contribution >= 0.6 is 12.2 Å². The highest BCUT2D eigenvalue weighted by atomic mass is 32.1. The van der Waals surface area contributed by atoms with Crippen molar-refractivity contribution in [2.75, 3.05) is 23.7 Å². The van der Waals surface area contributed by atoms with Gasteiger partial charge in [-0.1, -0.05) is 27.2 Å². The summed E-state index contributed by atoms with van der Waals surface area (Å²) in [5.41, 5.74) is 5.40. The number of anilines is 2. The third kappa shape index (κ3) is 4.82. The first-order valence-electron chi connectivity index (χ1n) is 8.15. The Bertz CT molecular complexity index is 638. The van der Waals surface area contributed by atoms with Crippen molar-refractivity contribution in [3.05, 3.63) is 20.8 Å². The van der Waals surface area contributed by atoms with E-state index in [1.54, 1.807) is 4.90 Å². The molecule has 4 N–H and O–H groups in total. The Morgan fingerprint density at radius 3 is 2.52 bits per heavy atom. The Balaban J connectivity index is 3.32. The zero-order chi connectivity index (χ0) is 17.4. The molecule has 0 spiro atoms. The molecule has 0 saturated carbocycles. The molecule has 0 atom stereocenters. The molecular weight excluding hydrogens is 314 g/mol. The number of hydrogen-bond donors (Lipinski definition) is 3. The summed E-state index contributed by atoms with van der Waals surface area (Å²) in [5, 5.41) is 3.56. The van der Waals surface area contributed by atoms with Crippen LogP contribution in [-0.4, -0.2) is 27.8 Å². The summed E-state index contributed by atoms with van der Waals surface area (Å²) < 4.78 is 1.41. The first kappa shape index (κ1) is 19.2. The van der Waals surface area contributed by atoms with E-state index in [4.69, 9.17) is 18.0 Å². The molecule has 1 aromatic heterocycles. The van der Waals surface area contributed by atoms with Crippen molar-refractivity contribution in [2.45, 2.75) is 53.0 Å². The fourth-order valence-corrected chi connectivity index (χ4v) is 2.53. The first-order chi connectivity index (χ1) is 11.0. The average molecular weight is 341 g/mol. The number of aromatic amines is 1. The Morgan fingerprint density at radius 1 is 1.26 bits per heavy atom. The second kappa shape index (κ2) is 9.34. The number of thiocarbonyl (C=S) groups is 1. The summed E-state index contributed by atoms with van der Waals surface area (Å²) in [6, 6.07) is 0. The zero-order valence-corrected chi connectivity index (χ0v) is 15.0. The molecule has 0 aliphatic carbocycles. The predicted molar refractivity (Wildman–Crippen MR) is 99.2 cm³/mol. The highest BCUT2D eigenvalue weighted by Crippen LogP contribution is 2.17. The van der Waals surface area contributed by atoms with Gasteiger partial charge in [-0.3, -0.25) is 14.3 Å². The fraction of sp³-hybridized carbons (Fsp3) is 0.667. The van der Waals surface area contributed by atoms with Crippen LogP contribution in [0.5, 0.6) is 0 Å². The van der Waals surface area contributed by atoms with E-state index in [0.29, 0.717) is 24.7 Å². The van der Waals surface area contributed by atoms with Gasteiger partial charge in [0.2, 0.25) is 0 Å². The molecule has 0 fully saturated rings. The molecule has 0 aliphatic heterocycles. The molecule has 0 saturated heterocycles. The SMILES string of the molecule is CCCCn1c(N)c(N(CCC)C(=S)NCCC)c(=O)[nH]c1=O. The van der Waals surface area contributed by atoms with Crippen molar-refractivity contribution in [1.82, 2.24) is 14.9 Å². The molecule has 0 aromatic carbocycles. The molecule has 0 amide bonds. The van der Waals surface area contributed by atoms with Gasteiger partial charge in [-0.15, -0.1) is 0 Å². The fourth-order valence-electron chi connectivity index (χ4n) is 2.24. The van der Waals surface area contributed by atoms with Crippen LogP contribution in [0.2, 0.25) is 0 Å². The van der Waals surface area contributed by atoms with Crippen LogP contribution in [0.15, 0.2) is 9.59 Å². The molecule has 1 rings (SSSR count). The maximum Gasteiger partial charge on any atom is 0.330 e. The summed E-state index contributed by atoms with van der Waals surface area (Å²) in [5.74, 6) is 0.168. The highest BCUT2D eigenvalue weighted by Gasteiger charge is 2.21. The van der Waals surface area contributed by atoms with E-state index in [-0.39, 0.29) is 11.5 Å². The Labute approximate surface area is 141 Å². The molecule has 8 heteroatoms. The van der Waals surface area contributed by atoms with Crippen LogP contribution in [0.1, 0.15) is 46.5 Å². The molecule has 0 unspecified atom stereocenters. The third-order valence-corrected chi connectivity index (χ3v) is 3.80. The smallest absolute Gasteiger partial charge is 0.330 e. The lowest BCUT2D eigenvalue weighted by molar-refractivity contribution is 0.604. The largest absolute Gasteiger partial charge is 0.383 e. The van der Waals surface area contributed by atoms with E-state index >= 15 is 0 Å². The van der Waals surface area contributed by atoms with Gasteiger partial charge >= 0.3 is 5.69 Å². The number of unbranched alkanes of at least 4 members (excludes halogenated alkanes) is 1. The average Bonchev–Trinajstić information content (AvgIpc) is 2.51. The van der Waals surface area contributed by atoms with Crippen molar-refractivity contribution in [1.29, 1.82) is 0 Å². The molecule has 130 valence electrons. The molecule has 23 heavy (non-hydrogen) atoms. The van der Waals surface area contributed by atoms with Crippen molar-refractivity contribution < 1.29 is 0 Å². The van der Waals surface area contributed by atoms with E-state index < -0.39 is 11.2 Å². The molecular formula is C15H27N5O2S. The summed E-state index contributed by atoms with van der Waals surface area (Å²) in [6.45, 7) is 7.79. The Kier molecular flexibility index (Phi) is 7.80. The van der Waals surface area contributed by atoms with Gasteiger partial charge in [0, 0.05) is 19.6 Å². The van der Waals surface area contributed by atoms with E-state index in [1.165, 1.54) is 4.57 Å². The van der Waals surface area contributed by atoms with Gasteiger partial charge in [0.1, 0.15) is 5.82 Å². The van der Waals surface area contributed by atoms with Gasteiger partial charge in [0.25, 0.3) is 5.56 Å². The molecule has 7 nitrogen and oxygen atoms in total. The maximum atomic E-state index is 12.3. The molecule has 0 radical (unpaired) electrons. The predicted octanol–water partition coefficient (Wildman–Crippen LogP) is 1.42. The summed E-state index contributed by atoms with van der Waals surface area (Å²) in [7, 11) is 0. The molecule has 0 aliphatic rings. The Morgan fingerprint density at radius 2 is 1.96 bits per heavy atom. The van der Waals surface area contributed by atoms with Crippen LogP contribution in [0, 0.1) is 0 Å². The van der Waals surface area contributed by atoms with Gasteiger partial charge < -0.3 is 16.0 Å². The monoisotopic (exact) mass is 341 g/mol. The molecule has 1 aromatic rings. The highest BCUT2D eigenvalue weighted by molar-refractivity contribution is 7.80. The lowest BCUT2D eigenvalue weighted by atomic mass is 10.3. The number of nitrogens with two attached hydrogens (primary N) is 1. The second-order valence-electron chi connectivity index (χ2n) is 5.38. The van der Waals surface area contributed by atoms with Gasteiger partial charge in [-0.2, -0.15) is 0 Å².